The fourth-order valence-corrected chi connectivity index (χ4v) is 3.31. The summed E-state index contributed by atoms with van der Waals surface area (Å²) in [6.07, 6.45) is 0. The van der Waals surface area contributed by atoms with E-state index in [0.29, 0.717) is 5.57 Å². The van der Waals surface area contributed by atoms with Crippen molar-refractivity contribution in [3.05, 3.63) is 71.7 Å². The van der Waals surface area contributed by atoms with Crippen molar-refractivity contribution in [3.8, 4) is 6.07 Å². The van der Waals surface area contributed by atoms with Crippen LogP contribution in [0.4, 0.5) is 0 Å². The lowest BCUT2D eigenvalue weighted by molar-refractivity contribution is -0.660. The molecule has 3 aromatic rings. The number of benzene rings is 2. The molecule has 0 atom stereocenters. The van der Waals surface area contributed by atoms with Gasteiger partial charge in [-0.3, -0.25) is 0 Å². The molecule has 0 bridgehead atoms. The summed E-state index contributed by atoms with van der Waals surface area (Å²) in [5.41, 5.74) is 2.88. The number of hydrogen-bond donors (Lipinski definition) is 0. The molecule has 0 aliphatic rings. The predicted molar refractivity (Wildman–Crippen MR) is 82.2 cm³/mol. The topological polar surface area (TPSA) is 27.7 Å². The highest BCUT2D eigenvalue weighted by molar-refractivity contribution is 7.19. The zero-order valence-corrected chi connectivity index (χ0v) is 11.7. The van der Waals surface area contributed by atoms with E-state index in [0.717, 1.165) is 17.1 Å². The number of thiazole rings is 1. The van der Waals surface area contributed by atoms with Crippen molar-refractivity contribution in [2.75, 3.05) is 0 Å². The molecule has 0 N–H and O–H groups in total. The number of nitriles is 1. The third-order valence-electron chi connectivity index (χ3n) is 3.18. The van der Waals surface area contributed by atoms with Gasteiger partial charge in [0.2, 0.25) is 5.52 Å². The molecule has 3 heteroatoms. The fourth-order valence-electron chi connectivity index (χ4n) is 2.23. The zero-order valence-electron chi connectivity index (χ0n) is 10.9. The van der Waals surface area contributed by atoms with Crippen molar-refractivity contribution in [1.29, 1.82) is 5.26 Å². The van der Waals surface area contributed by atoms with Crippen LogP contribution in [0.3, 0.4) is 0 Å². The molecule has 0 fully saturated rings. The van der Waals surface area contributed by atoms with E-state index < -0.39 is 0 Å². The van der Waals surface area contributed by atoms with Crippen molar-refractivity contribution < 1.29 is 4.57 Å². The summed E-state index contributed by atoms with van der Waals surface area (Å²) in [5, 5.41) is 10.1. The van der Waals surface area contributed by atoms with Gasteiger partial charge in [0.05, 0.1) is 0 Å². The highest BCUT2D eigenvalue weighted by Gasteiger charge is 2.22. The van der Waals surface area contributed by atoms with E-state index >= 15 is 0 Å². The molecular formula is C17H13N2S+. The van der Waals surface area contributed by atoms with Crippen molar-refractivity contribution in [3.63, 3.8) is 0 Å². The van der Waals surface area contributed by atoms with Gasteiger partial charge in [-0.2, -0.15) is 9.83 Å². The van der Waals surface area contributed by atoms with Crippen LogP contribution < -0.4 is 4.57 Å². The van der Waals surface area contributed by atoms with Gasteiger partial charge in [-0.15, -0.1) is 0 Å². The van der Waals surface area contributed by atoms with Gasteiger partial charge in [-0.1, -0.05) is 60.4 Å². The van der Waals surface area contributed by atoms with Crippen LogP contribution in [0, 0.1) is 11.3 Å². The van der Waals surface area contributed by atoms with Gasteiger partial charge < -0.3 is 0 Å². The lowest BCUT2D eigenvalue weighted by Crippen LogP contribution is -2.36. The molecule has 2 nitrogen and oxygen atoms in total. The Morgan fingerprint density at radius 1 is 1.10 bits per heavy atom. The minimum absolute atomic E-state index is 0.516. The predicted octanol–water partition coefficient (Wildman–Crippen LogP) is 3.77. The maximum atomic E-state index is 9.15. The summed E-state index contributed by atoms with van der Waals surface area (Å²) >= 11 is 1.62. The fraction of sp³-hybridized carbons (Fsp3) is 0.0588. The van der Waals surface area contributed by atoms with Gasteiger partial charge >= 0.3 is 0 Å². The average molecular weight is 277 g/mol. The molecule has 2 aromatic carbocycles. The lowest BCUT2D eigenvalue weighted by atomic mass is 10.2. The number of aromatic nitrogens is 1. The van der Waals surface area contributed by atoms with E-state index in [1.165, 1.54) is 10.3 Å². The van der Waals surface area contributed by atoms with E-state index in [-0.39, 0.29) is 0 Å². The lowest BCUT2D eigenvalue weighted by Gasteiger charge is -1.98. The highest BCUT2D eigenvalue weighted by atomic mass is 32.1. The molecular weight excluding hydrogens is 264 g/mol. The summed E-state index contributed by atoms with van der Waals surface area (Å²) in [6, 6.07) is 20.6. The third-order valence-corrected chi connectivity index (χ3v) is 4.41. The Morgan fingerprint density at radius 2 is 1.80 bits per heavy atom. The molecule has 1 heterocycles. The molecule has 0 aliphatic carbocycles. The Bertz CT molecular complexity index is 810. The molecule has 3 rings (SSSR count). The van der Waals surface area contributed by atoms with Gasteiger partial charge in [0, 0.05) is 11.6 Å². The Hall–Kier alpha value is -2.44. The Morgan fingerprint density at radius 3 is 2.55 bits per heavy atom. The van der Waals surface area contributed by atoms with Crippen LogP contribution in [0.5, 0.6) is 0 Å². The summed E-state index contributed by atoms with van der Waals surface area (Å²) < 4.78 is 3.34. The van der Waals surface area contributed by atoms with Crippen LogP contribution in [-0.2, 0) is 6.54 Å². The average Bonchev–Trinajstić information content (AvgIpc) is 2.86. The van der Waals surface area contributed by atoms with Gasteiger partial charge in [0.1, 0.15) is 16.3 Å². The molecule has 0 amide bonds. The normalized spacial score (nSPS) is 10.3. The largest absolute Gasteiger partial charge is 0.280 e. The number of nitrogens with zero attached hydrogens (tertiary/aromatic N) is 2. The number of para-hydroxylation sites is 1. The molecule has 96 valence electrons. The van der Waals surface area contributed by atoms with Crippen molar-refractivity contribution in [2.24, 2.45) is 0 Å². The molecule has 0 saturated carbocycles. The molecule has 0 saturated heterocycles. The zero-order chi connectivity index (χ0) is 13.9. The molecule has 0 aliphatic heterocycles. The monoisotopic (exact) mass is 277 g/mol. The minimum Gasteiger partial charge on any atom is -0.192 e. The Kier molecular flexibility index (Phi) is 3.32. The first kappa shape index (κ1) is 12.6. The molecule has 1 aromatic heterocycles. The third kappa shape index (κ3) is 2.22. The summed E-state index contributed by atoms with van der Waals surface area (Å²) in [7, 11) is 0. The van der Waals surface area contributed by atoms with Crippen molar-refractivity contribution in [2.45, 2.75) is 6.54 Å². The van der Waals surface area contributed by atoms with E-state index in [2.05, 4.69) is 41.5 Å². The smallest absolute Gasteiger partial charge is 0.192 e. The van der Waals surface area contributed by atoms with Gasteiger partial charge in [-0.25, -0.2) is 0 Å². The standard InChI is InChI=1S/C17H13N2S/c1-13(11-18)17-19(12-14-7-3-2-4-8-14)15-9-5-6-10-16(15)20-17/h2-10H,1,12H2/q+1. The first-order chi connectivity index (χ1) is 9.79. The van der Waals surface area contributed by atoms with Crippen LogP contribution in [-0.4, -0.2) is 0 Å². The van der Waals surface area contributed by atoms with Gasteiger partial charge in [0.15, 0.2) is 6.54 Å². The summed E-state index contributed by atoms with van der Waals surface area (Å²) in [4.78, 5) is 0. The second-order valence-corrected chi connectivity index (χ2v) is 5.57. The molecule has 0 radical (unpaired) electrons. The number of hydrogen-bond acceptors (Lipinski definition) is 2. The van der Waals surface area contributed by atoms with Gasteiger partial charge in [-0.05, 0) is 6.07 Å². The van der Waals surface area contributed by atoms with E-state index in [1.54, 1.807) is 11.3 Å². The Balaban J connectivity index is 2.17. The van der Waals surface area contributed by atoms with Crippen LogP contribution in [0.2, 0.25) is 0 Å². The van der Waals surface area contributed by atoms with Crippen molar-refractivity contribution >= 4 is 27.1 Å². The Labute approximate surface area is 121 Å². The number of fused-ring (bicyclic) bond motifs is 1. The van der Waals surface area contributed by atoms with Crippen LogP contribution in [0.1, 0.15) is 10.6 Å². The maximum absolute atomic E-state index is 9.15. The van der Waals surface area contributed by atoms with Crippen LogP contribution in [0.15, 0.2) is 61.2 Å². The number of allylic oxidation sites excluding steroid dienone is 1. The highest BCUT2D eigenvalue weighted by Crippen LogP contribution is 2.24. The maximum Gasteiger partial charge on any atom is 0.280 e. The molecule has 0 unspecified atom stereocenters. The molecule has 20 heavy (non-hydrogen) atoms. The summed E-state index contributed by atoms with van der Waals surface area (Å²) in [6.45, 7) is 4.62. The first-order valence-corrected chi connectivity index (χ1v) is 7.16. The van der Waals surface area contributed by atoms with Crippen LogP contribution >= 0.6 is 11.3 Å². The summed E-state index contributed by atoms with van der Waals surface area (Å²) in [5.74, 6) is 0. The van der Waals surface area contributed by atoms with E-state index in [1.807, 2.05) is 30.3 Å². The van der Waals surface area contributed by atoms with Crippen molar-refractivity contribution in [1.82, 2.24) is 0 Å². The molecule has 0 spiro atoms. The van der Waals surface area contributed by atoms with E-state index in [4.69, 9.17) is 5.26 Å². The van der Waals surface area contributed by atoms with Gasteiger partial charge in [0.25, 0.3) is 5.01 Å². The van der Waals surface area contributed by atoms with E-state index in [9.17, 15) is 0 Å². The SMILES string of the molecule is C=C(C#N)c1sc2ccccc2[n+]1Cc1ccccc1. The second-order valence-electron chi connectivity index (χ2n) is 4.54. The van der Waals surface area contributed by atoms with Crippen LogP contribution in [0.25, 0.3) is 15.8 Å². The second kappa shape index (κ2) is 5.28. The quantitative estimate of drug-likeness (QED) is 0.529. The number of rotatable bonds is 3. The minimum atomic E-state index is 0.516. The first-order valence-electron chi connectivity index (χ1n) is 6.34.